The number of thiocarbonyl (C=S) groups is 1. The maximum Gasteiger partial charge on any atom is 0.416 e. The van der Waals surface area contributed by atoms with Crippen LogP contribution in [-0.4, -0.2) is 4.86 Å². The zero-order chi connectivity index (χ0) is 15.5. The smallest absolute Gasteiger partial charge is 0.166 e. The van der Waals surface area contributed by atoms with E-state index in [1.165, 1.54) is 6.07 Å². The Balaban J connectivity index is 2.06. The molecule has 0 radical (unpaired) electrons. The molecule has 0 aromatic heterocycles. The zero-order valence-corrected chi connectivity index (χ0v) is 12.5. The van der Waals surface area contributed by atoms with Crippen LogP contribution in [0.2, 0.25) is 5.02 Å². The molecule has 0 saturated heterocycles. The van der Waals surface area contributed by atoms with Gasteiger partial charge >= 0.3 is 6.18 Å². The average Bonchev–Trinajstić information content (AvgIpc) is 2.37. The van der Waals surface area contributed by atoms with Gasteiger partial charge < -0.3 is 0 Å². The number of alkyl halides is 3. The normalized spacial score (nSPS) is 11.4. The molecule has 0 unspecified atom stereocenters. The van der Waals surface area contributed by atoms with Gasteiger partial charge in [-0.15, -0.1) is 0 Å². The molecule has 0 amide bonds. The summed E-state index contributed by atoms with van der Waals surface area (Å²) in [5, 5.41) is 0.620. The molecule has 0 N–H and O–H groups in total. The van der Waals surface area contributed by atoms with Gasteiger partial charge in [0.25, 0.3) is 0 Å². The Bertz CT molecular complexity index is 650. The number of benzene rings is 2. The van der Waals surface area contributed by atoms with Crippen LogP contribution in [0, 0.1) is 0 Å². The summed E-state index contributed by atoms with van der Waals surface area (Å²) in [6.45, 7) is 0. The topological polar surface area (TPSA) is 0 Å². The summed E-state index contributed by atoms with van der Waals surface area (Å²) in [4.78, 5) is 0.677. The second-order valence-corrected chi connectivity index (χ2v) is 5.73. The molecule has 0 aliphatic heterocycles. The van der Waals surface area contributed by atoms with Crippen molar-refractivity contribution in [3.63, 3.8) is 0 Å². The second-order valence-electron chi connectivity index (χ2n) is 4.72. The lowest BCUT2D eigenvalue weighted by molar-refractivity contribution is -0.137. The summed E-state index contributed by atoms with van der Waals surface area (Å²) in [6.07, 6.45) is -3.47. The third-order valence-corrected chi connectivity index (χ3v) is 3.47. The molecule has 0 heterocycles. The van der Waals surface area contributed by atoms with Crippen molar-refractivity contribution in [3.8, 4) is 0 Å². The van der Waals surface area contributed by atoms with E-state index in [-0.39, 0.29) is 0 Å². The first-order valence-electron chi connectivity index (χ1n) is 6.27. The summed E-state index contributed by atoms with van der Waals surface area (Å²) in [7, 11) is 0. The lowest BCUT2D eigenvalue weighted by atomic mass is 10.0. The van der Waals surface area contributed by atoms with Crippen molar-refractivity contribution < 1.29 is 13.2 Å². The molecule has 110 valence electrons. The fourth-order valence-corrected chi connectivity index (χ4v) is 2.57. The molecular formula is C16H12ClF3S. The summed E-state index contributed by atoms with van der Waals surface area (Å²) in [5.41, 5.74) is 0.877. The van der Waals surface area contributed by atoms with E-state index < -0.39 is 11.7 Å². The Morgan fingerprint density at radius 3 is 2.10 bits per heavy atom. The number of hydrogen-bond acceptors (Lipinski definition) is 1. The minimum Gasteiger partial charge on any atom is -0.166 e. The maximum absolute atomic E-state index is 12.6. The van der Waals surface area contributed by atoms with Gasteiger partial charge in [-0.2, -0.15) is 13.2 Å². The van der Waals surface area contributed by atoms with Crippen LogP contribution in [-0.2, 0) is 19.0 Å². The van der Waals surface area contributed by atoms with Crippen LogP contribution < -0.4 is 0 Å². The highest BCUT2D eigenvalue weighted by molar-refractivity contribution is 7.80. The maximum atomic E-state index is 12.6. The van der Waals surface area contributed by atoms with Crippen molar-refractivity contribution in [1.29, 1.82) is 0 Å². The Labute approximate surface area is 131 Å². The third-order valence-electron chi connectivity index (χ3n) is 2.95. The minimum absolute atomic E-state index is 0.339. The third kappa shape index (κ3) is 4.83. The highest BCUT2D eigenvalue weighted by Gasteiger charge is 2.30. The second kappa shape index (κ2) is 6.58. The highest BCUT2D eigenvalue weighted by Crippen LogP contribution is 2.29. The van der Waals surface area contributed by atoms with Crippen molar-refractivity contribution in [2.24, 2.45) is 0 Å². The van der Waals surface area contributed by atoms with Crippen LogP contribution in [0.4, 0.5) is 13.2 Å². The van der Waals surface area contributed by atoms with Crippen molar-refractivity contribution in [1.82, 2.24) is 0 Å². The van der Waals surface area contributed by atoms with E-state index >= 15 is 0 Å². The average molecular weight is 329 g/mol. The van der Waals surface area contributed by atoms with Crippen molar-refractivity contribution >= 4 is 28.7 Å². The van der Waals surface area contributed by atoms with Gasteiger partial charge in [-0.25, -0.2) is 0 Å². The Kier molecular flexibility index (Phi) is 5.01. The molecule has 0 fully saturated rings. The molecule has 0 spiro atoms. The van der Waals surface area contributed by atoms with Gasteiger partial charge in [0, 0.05) is 22.7 Å². The first-order chi connectivity index (χ1) is 9.84. The Morgan fingerprint density at radius 2 is 1.52 bits per heavy atom. The van der Waals surface area contributed by atoms with E-state index in [0.717, 1.165) is 17.7 Å². The van der Waals surface area contributed by atoms with Crippen LogP contribution >= 0.6 is 23.8 Å². The summed E-state index contributed by atoms with van der Waals surface area (Å²) in [5.74, 6) is 0. The van der Waals surface area contributed by atoms with Crippen LogP contribution in [0.15, 0.2) is 48.5 Å². The molecule has 2 aromatic carbocycles. The monoisotopic (exact) mass is 328 g/mol. The predicted molar refractivity (Wildman–Crippen MR) is 82.9 cm³/mol. The van der Waals surface area contributed by atoms with Crippen molar-refractivity contribution in [3.05, 3.63) is 70.2 Å². The van der Waals surface area contributed by atoms with Crippen molar-refractivity contribution in [2.75, 3.05) is 0 Å². The van der Waals surface area contributed by atoms with Gasteiger partial charge in [-0.1, -0.05) is 54.2 Å². The lowest BCUT2D eigenvalue weighted by Crippen LogP contribution is -2.08. The number of halogens is 4. The number of hydrogen-bond donors (Lipinski definition) is 0. The molecule has 0 aliphatic carbocycles. The van der Waals surface area contributed by atoms with Gasteiger partial charge in [0.1, 0.15) is 0 Å². The molecule has 0 saturated carbocycles. The van der Waals surface area contributed by atoms with Crippen LogP contribution in [0.25, 0.3) is 0 Å². The molecule has 0 nitrogen and oxygen atoms in total. The molecule has 2 rings (SSSR count). The molecule has 0 aliphatic rings. The van der Waals surface area contributed by atoms with E-state index in [2.05, 4.69) is 0 Å². The summed E-state index contributed by atoms with van der Waals surface area (Å²) < 4.78 is 37.9. The van der Waals surface area contributed by atoms with E-state index in [1.54, 1.807) is 18.2 Å². The molecule has 2 aromatic rings. The summed E-state index contributed by atoms with van der Waals surface area (Å²) in [6, 6.07) is 12.5. The van der Waals surface area contributed by atoms with Gasteiger partial charge in [-0.3, -0.25) is 0 Å². The molecule has 5 heteroatoms. The SMILES string of the molecule is FC(F)(F)c1cccc(CC(=S)Cc2cccc(Cl)c2)c1. The van der Waals surface area contributed by atoms with E-state index in [0.29, 0.717) is 28.3 Å². The van der Waals surface area contributed by atoms with Crippen LogP contribution in [0.5, 0.6) is 0 Å². The van der Waals surface area contributed by atoms with Crippen molar-refractivity contribution in [2.45, 2.75) is 19.0 Å². The Hall–Kier alpha value is -1.39. The summed E-state index contributed by atoms with van der Waals surface area (Å²) >= 11 is 11.2. The predicted octanol–water partition coefficient (Wildman–Crippen LogP) is 5.51. The molecule has 0 bridgehead atoms. The lowest BCUT2D eigenvalue weighted by Gasteiger charge is -2.09. The van der Waals surface area contributed by atoms with E-state index in [4.69, 9.17) is 23.8 Å². The van der Waals surface area contributed by atoms with Gasteiger partial charge in [-0.05, 0) is 29.3 Å². The van der Waals surface area contributed by atoms with Crippen LogP contribution in [0.3, 0.4) is 0 Å². The fraction of sp³-hybridized carbons (Fsp3) is 0.188. The molecular weight excluding hydrogens is 317 g/mol. The first kappa shape index (κ1) is 16.0. The van der Waals surface area contributed by atoms with E-state index in [1.807, 2.05) is 12.1 Å². The molecule has 21 heavy (non-hydrogen) atoms. The standard InChI is InChI=1S/C16H12ClF3S/c17-14-6-2-4-12(8-14)10-15(21)9-11-3-1-5-13(7-11)16(18,19)20/h1-8H,9-10H2. The van der Waals surface area contributed by atoms with Crippen LogP contribution in [0.1, 0.15) is 16.7 Å². The van der Waals surface area contributed by atoms with Gasteiger partial charge in [0.05, 0.1) is 5.56 Å². The zero-order valence-electron chi connectivity index (χ0n) is 11.0. The Morgan fingerprint density at radius 1 is 0.952 bits per heavy atom. The van der Waals surface area contributed by atoms with E-state index in [9.17, 15) is 13.2 Å². The first-order valence-corrected chi connectivity index (χ1v) is 7.05. The molecule has 0 atom stereocenters. The van der Waals surface area contributed by atoms with Gasteiger partial charge in [0.2, 0.25) is 0 Å². The largest absolute Gasteiger partial charge is 0.416 e. The number of rotatable bonds is 4. The quantitative estimate of drug-likeness (QED) is 0.666. The fourth-order valence-electron chi connectivity index (χ4n) is 2.02. The van der Waals surface area contributed by atoms with Gasteiger partial charge in [0.15, 0.2) is 0 Å². The highest BCUT2D eigenvalue weighted by atomic mass is 35.5. The minimum atomic E-state index is -4.33.